The molecule has 0 saturated heterocycles. The van der Waals surface area contributed by atoms with Crippen molar-refractivity contribution in [3.63, 3.8) is 0 Å². The Morgan fingerprint density at radius 1 is 1.03 bits per heavy atom. The lowest BCUT2D eigenvalue weighted by molar-refractivity contribution is 0.304. The van der Waals surface area contributed by atoms with Crippen LogP contribution in [0.4, 0.5) is 13.2 Å². The molecule has 0 aliphatic carbocycles. The molecule has 0 atom stereocenters. The van der Waals surface area contributed by atoms with Crippen LogP contribution in [0.25, 0.3) is 0 Å². The van der Waals surface area contributed by atoms with Crippen LogP contribution in [0.2, 0.25) is 0 Å². The van der Waals surface area contributed by atoms with Gasteiger partial charge in [-0.3, -0.25) is 4.99 Å². The molecule has 30 heavy (non-hydrogen) atoms. The molecule has 0 heterocycles. The Labute approximate surface area is 190 Å². The number of rotatable bonds is 8. The zero-order valence-electron chi connectivity index (χ0n) is 16.4. The molecule has 0 aliphatic rings. The predicted octanol–water partition coefficient (Wildman–Crippen LogP) is 3.01. The maximum absolute atomic E-state index is 13.6. The Morgan fingerprint density at radius 3 is 2.33 bits per heavy atom. The average Bonchev–Trinajstić information content (AvgIpc) is 2.63. The molecule has 0 spiro atoms. The number of halogens is 4. The van der Waals surface area contributed by atoms with E-state index in [4.69, 9.17) is 4.74 Å². The molecule has 0 fully saturated rings. The molecule has 166 valence electrons. The summed E-state index contributed by atoms with van der Waals surface area (Å²) in [5, 5.41) is 5.88. The lowest BCUT2D eigenvalue weighted by atomic mass is 10.1. The molecule has 2 aromatic carbocycles. The molecular formula is C19H23F3IN3O3S. The highest BCUT2D eigenvalue weighted by atomic mass is 127. The number of benzene rings is 2. The number of hydrogen-bond donors (Lipinski definition) is 2. The summed E-state index contributed by atoms with van der Waals surface area (Å²) in [7, 11) is -1.75. The minimum absolute atomic E-state index is 0. The Kier molecular flexibility index (Phi) is 10.4. The van der Waals surface area contributed by atoms with Crippen molar-refractivity contribution in [2.24, 2.45) is 4.99 Å². The first-order valence-electron chi connectivity index (χ1n) is 8.65. The number of sulfone groups is 1. The van der Waals surface area contributed by atoms with E-state index in [1.54, 1.807) is 0 Å². The lowest BCUT2D eigenvalue weighted by Gasteiger charge is -2.15. The van der Waals surface area contributed by atoms with E-state index in [2.05, 4.69) is 15.6 Å². The monoisotopic (exact) mass is 557 g/mol. The van der Waals surface area contributed by atoms with Crippen LogP contribution in [0.3, 0.4) is 0 Å². The summed E-state index contributed by atoms with van der Waals surface area (Å²) in [5.41, 5.74) is 0.981. The second-order valence-corrected chi connectivity index (χ2v) is 8.40. The molecular weight excluding hydrogens is 534 g/mol. The third-order valence-electron chi connectivity index (χ3n) is 3.80. The van der Waals surface area contributed by atoms with Crippen LogP contribution in [-0.4, -0.2) is 40.8 Å². The maximum atomic E-state index is 13.6. The zero-order valence-corrected chi connectivity index (χ0v) is 19.6. The number of guanidine groups is 1. The summed E-state index contributed by atoms with van der Waals surface area (Å²) in [6.07, 6.45) is 1.11. The van der Waals surface area contributed by atoms with E-state index in [0.717, 1.165) is 18.4 Å². The van der Waals surface area contributed by atoms with Crippen molar-refractivity contribution in [3.05, 3.63) is 65.0 Å². The van der Waals surface area contributed by atoms with Crippen LogP contribution in [0, 0.1) is 17.5 Å². The number of aliphatic imine (C=N–C) groups is 1. The normalized spacial score (nSPS) is 11.6. The van der Waals surface area contributed by atoms with Gasteiger partial charge in [0, 0.05) is 25.9 Å². The van der Waals surface area contributed by atoms with Crippen LogP contribution in [0.1, 0.15) is 11.1 Å². The summed E-state index contributed by atoms with van der Waals surface area (Å²) >= 11 is 0. The predicted molar refractivity (Wildman–Crippen MR) is 120 cm³/mol. The van der Waals surface area contributed by atoms with Gasteiger partial charge in [0.2, 0.25) is 0 Å². The number of nitrogens with zero attached hydrogens (tertiary/aromatic N) is 1. The SMILES string of the molecule is CN=C(NCCOc1ccc(F)cc1F)NCc1cc(F)ccc1CS(C)(=O)=O.I. The molecule has 0 aromatic heterocycles. The molecule has 2 rings (SSSR count). The van der Waals surface area contributed by atoms with Gasteiger partial charge in [-0.15, -0.1) is 24.0 Å². The molecule has 2 aromatic rings. The molecule has 0 aliphatic heterocycles. The summed E-state index contributed by atoms with van der Waals surface area (Å²) < 4.78 is 68.3. The number of hydrogen-bond acceptors (Lipinski definition) is 4. The van der Waals surface area contributed by atoms with Crippen molar-refractivity contribution in [1.29, 1.82) is 0 Å². The van der Waals surface area contributed by atoms with Crippen LogP contribution in [0.15, 0.2) is 41.4 Å². The second-order valence-electron chi connectivity index (χ2n) is 6.26. The minimum Gasteiger partial charge on any atom is -0.489 e. The zero-order chi connectivity index (χ0) is 21.4. The topological polar surface area (TPSA) is 79.8 Å². The van der Waals surface area contributed by atoms with E-state index in [9.17, 15) is 21.6 Å². The quantitative estimate of drug-likeness (QED) is 0.226. The van der Waals surface area contributed by atoms with Gasteiger partial charge in [-0.05, 0) is 35.4 Å². The summed E-state index contributed by atoms with van der Waals surface area (Å²) in [5.74, 6) is -1.86. The van der Waals surface area contributed by atoms with Crippen molar-refractivity contribution in [3.8, 4) is 5.75 Å². The molecule has 11 heteroatoms. The molecule has 0 bridgehead atoms. The largest absolute Gasteiger partial charge is 0.489 e. The van der Waals surface area contributed by atoms with Gasteiger partial charge in [0.1, 0.15) is 18.2 Å². The van der Waals surface area contributed by atoms with Gasteiger partial charge in [-0.2, -0.15) is 0 Å². The van der Waals surface area contributed by atoms with Gasteiger partial charge >= 0.3 is 0 Å². The van der Waals surface area contributed by atoms with E-state index in [-0.39, 0.29) is 55.2 Å². The molecule has 6 nitrogen and oxygen atoms in total. The highest BCUT2D eigenvalue weighted by molar-refractivity contribution is 14.0. The van der Waals surface area contributed by atoms with Gasteiger partial charge in [-0.1, -0.05) is 6.07 Å². The van der Waals surface area contributed by atoms with Gasteiger partial charge in [0.25, 0.3) is 0 Å². The van der Waals surface area contributed by atoms with Crippen LogP contribution >= 0.6 is 24.0 Å². The molecule has 0 amide bonds. The number of ether oxygens (including phenoxy) is 1. The molecule has 0 unspecified atom stereocenters. The third kappa shape index (κ3) is 8.78. The van der Waals surface area contributed by atoms with E-state index in [1.807, 2.05) is 0 Å². The Hall–Kier alpha value is -2.02. The van der Waals surface area contributed by atoms with Crippen LogP contribution in [-0.2, 0) is 22.1 Å². The van der Waals surface area contributed by atoms with Crippen molar-refractivity contribution in [1.82, 2.24) is 10.6 Å². The Morgan fingerprint density at radius 2 is 1.70 bits per heavy atom. The fourth-order valence-electron chi connectivity index (χ4n) is 2.50. The first-order valence-corrected chi connectivity index (χ1v) is 10.7. The standard InChI is InChI=1S/C19H22F3N3O3S.HI/c1-23-19(24-7-8-28-18-6-5-16(21)10-17(18)22)25-11-14-9-15(20)4-3-13(14)12-29(2,26)27;/h3-6,9-10H,7-8,11-12H2,1-2H3,(H2,23,24,25);1H. The highest BCUT2D eigenvalue weighted by Crippen LogP contribution is 2.17. The molecule has 0 saturated carbocycles. The second kappa shape index (κ2) is 12.0. The average molecular weight is 557 g/mol. The van der Waals surface area contributed by atoms with Crippen LogP contribution < -0.4 is 15.4 Å². The highest BCUT2D eigenvalue weighted by Gasteiger charge is 2.11. The van der Waals surface area contributed by atoms with Crippen molar-refractivity contribution < 1.29 is 26.3 Å². The Bertz CT molecular complexity index is 988. The van der Waals surface area contributed by atoms with Gasteiger partial charge in [-0.25, -0.2) is 21.6 Å². The first-order chi connectivity index (χ1) is 13.7. The van der Waals surface area contributed by atoms with E-state index < -0.39 is 27.3 Å². The summed E-state index contributed by atoms with van der Waals surface area (Å²) in [4.78, 5) is 4.01. The summed E-state index contributed by atoms with van der Waals surface area (Å²) in [6.45, 7) is 0.494. The Balaban J connectivity index is 0.00000450. The maximum Gasteiger partial charge on any atom is 0.191 e. The van der Waals surface area contributed by atoms with Gasteiger partial charge < -0.3 is 15.4 Å². The van der Waals surface area contributed by atoms with Crippen molar-refractivity contribution in [2.75, 3.05) is 26.5 Å². The fraction of sp³-hybridized carbons (Fsp3) is 0.316. The van der Waals surface area contributed by atoms with Crippen LogP contribution in [0.5, 0.6) is 5.75 Å². The third-order valence-corrected chi connectivity index (χ3v) is 4.64. The van der Waals surface area contributed by atoms with E-state index in [0.29, 0.717) is 17.1 Å². The minimum atomic E-state index is -3.27. The smallest absolute Gasteiger partial charge is 0.191 e. The first kappa shape index (κ1) is 26.0. The van der Waals surface area contributed by atoms with Crippen molar-refractivity contribution >= 4 is 39.8 Å². The fourth-order valence-corrected chi connectivity index (χ4v) is 3.35. The van der Waals surface area contributed by atoms with Crippen molar-refractivity contribution in [2.45, 2.75) is 12.3 Å². The van der Waals surface area contributed by atoms with E-state index in [1.165, 1.54) is 31.3 Å². The lowest BCUT2D eigenvalue weighted by Crippen LogP contribution is -2.39. The molecule has 2 N–H and O–H groups in total. The van der Waals surface area contributed by atoms with E-state index >= 15 is 0 Å². The number of nitrogens with one attached hydrogen (secondary N) is 2. The molecule has 0 radical (unpaired) electrons. The summed E-state index contributed by atoms with van der Waals surface area (Å²) in [6, 6.07) is 6.94. The van der Waals surface area contributed by atoms with Gasteiger partial charge in [0.15, 0.2) is 27.4 Å². The van der Waals surface area contributed by atoms with Gasteiger partial charge in [0.05, 0.1) is 12.3 Å².